The number of carbonyl (C=O) groups excluding carboxylic acids is 1. The van der Waals surface area contributed by atoms with E-state index in [0.29, 0.717) is 5.56 Å². The summed E-state index contributed by atoms with van der Waals surface area (Å²) in [5.41, 5.74) is 1.65. The Labute approximate surface area is 139 Å². The van der Waals surface area contributed by atoms with E-state index in [2.05, 4.69) is 17.0 Å². The number of hydrogen-bond acceptors (Lipinski definition) is 5. The molecule has 6 nitrogen and oxygen atoms in total. The normalized spacial score (nSPS) is 18.5. The standard InChI is InChI=1S/C16H22N4O2S/c1-4-13-18-11-6-5-7-12(15(11)23-13)20(3)16(22)14(21)10-8-17-19(2)9-10/h8-9,12,14,21H,4-7H2,1-3H3/t12-,14+/m0/s1. The highest BCUT2D eigenvalue weighted by Gasteiger charge is 2.33. The summed E-state index contributed by atoms with van der Waals surface area (Å²) in [4.78, 5) is 20.2. The van der Waals surface area contributed by atoms with Crippen LogP contribution in [0.3, 0.4) is 0 Å². The molecule has 0 fully saturated rings. The average Bonchev–Trinajstić information content (AvgIpc) is 3.18. The summed E-state index contributed by atoms with van der Waals surface area (Å²) in [5.74, 6) is -0.290. The van der Waals surface area contributed by atoms with Crippen LogP contribution in [0.5, 0.6) is 0 Å². The molecule has 0 unspecified atom stereocenters. The highest BCUT2D eigenvalue weighted by molar-refractivity contribution is 7.11. The van der Waals surface area contributed by atoms with Crippen molar-refractivity contribution in [2.24, 2.45) is 7.05 Å². The van der Waals surface area contributed by atoms with Crippen LogP contribution < -0.4 is 0 Å². The van der Waals surface area contributed by atoms with Crippen LogP contribution in [0.2, 0.25) is 0 Å². The molecule has 2 aromatic heterocycles. The quantitative estimate of drug-likeness (QED) is 0.928. The van der Waals surface area contributed by atoms with Gasteiger partial charge in [0.15, 0.2) is 6.10 Å². The van der Waals surface area contributed by atoms with Gasteiger partial charge in [-0.3, -0.25) is 9.48 Å². The molecular formula is C16H22N4O2S. The van der Waals surface area contributed by atoms with E-state index in [1.807, 2.05) is 0 Å². The van der Waals surface area contributed by atoms with Crippen LogP contribution in [-0.2, 0) is 24.7 Å². The Morgan fingerprint density at radius 2 is 2.39 bits per heavy atom. The number of nitrogens with zero attached hydrogens (tertiary/aromatic N) is 4. The number of aryl methyl sites for hydroxylation is 3. The monoisotopic (exact) mass is 334 g/mol. The fourth-order valence-corrected chi connectivity index (χ4v) is 4.27. The first-order valence-electron chi connectivity index (χ1n) is 7.93. The SMILES string of the molecule is CCc1nc2c(s1)[C@@H](N(C)C(=O)[C@H](O)c1cnn(C)c1)CCC2. The average molecular weight is 334 g/mol. The number of rotatable bonds is 4. The third-order valence-corrected chi connectivity index (χ3v) is 5.70. The smallest absolute Gasteiger partial charge is 0.256 e. The molecule has 7 heteroatoms. The van der Waals surface area contributed by atoms with E-state index in [1.54, 1.807) is 41.2 Å². The van der Waals surface area contributed by atoms with Crippen molar-refractivity contribution in [2.45, 2.75) is 44.8 Å². The van der Waals surface area contributed by atoms with Gasteiger partial charge in [0, 0.05) is 25.9 Å². The van der Waals surface area contributed by atoms with Crippen LogP contribution in [0.25, 0.3) is 0 Å². The summed E-state index contributed by atoms with van der Waals surface area (Å²) in [6, 6.07) is 0.00960. The first-order valence-corrected chi connectivity index (χ1v) is 8.74. The van der Waals surface area contributed by atoms with Crippen molar-refractivity contribution in [3.8, 4) is 0 Å². The summed E-state index contributed by atoms with van der Waals surface area (Å²) in [6.07, 6.45) is 5.87. The number of amides is 1. The third kappa shape index (κ3) is 3.03. The molecule has 2 atom stereocenters. The molecule has 0 spiro atoms. The molecule has 1 amide bonds. The number of aliphatic hydroxyl groups excluding tert-OH is 1. The Hall–Kier alpha value is -1.73. The number of carbonyl (C=O) groups is 1. The number of fused-ring (bicyclic) bond motifs is 1. The lowest BCUT2D eigenvalue weighted by Gasteiger charge is -2.31. The van der Waals surface area contributed by atoms with Crippen LogP contribution in [0, 0.1) is 0 Å². The minimum atomic E-state index is -1.17. The maximum absolute atomic E-state index is 12.7. The highest BCUT2D eigenvalue weighted by Crippen LogP contribution is 2.38. The zero-order chi connectivity index (χ0) is 16.6. The molecular weight excluding hydrogens is 312 g/mol. The van der Waals surface area contributed by atoms with Gasteiger partial charge in [-0.1, -0.05) is 6.92 Å². The Balaban J connectivity index is 1.82. The van der Waals surface area contributed by atoms with Crippen molar-refractivity contribution in [1.29, 1.82) is 0 Å². The summed E-state index contributed by atoms with van der Waals surface area (Å²) in [7, 11) is 3.54. The first-order chi connectivity index (χ1) is 11.0. The van der Waals surface area contributed by atoms with Gasteiger partial charge < -0.3 is 10.0 Å². The van der Waals surface area contributed by atoms with Crippen molar-refractivity contribution in [2.75, 3.05) is 7.05 Å². The van der Waals surface area contributed by atoms with Gasteiger partial charge in [0.2, 0.25) is 0 Å². The minimum absolute atomic E-state index is 0.00960. The van der Waals surface area contributed by atoms with Crippen molar-refractivity contribution in [3.63, 3.8) is 0 Å². The van der Waals surface area contributed by atoms with Crippen LogP contribution in [0.15, 0.2) is 12.4 Å². The lowest BCUT2D eigenvalue weighted by atomic mass is 9.96. The van der Waals surface area contributed by atoms with Crippen molar-refractivity contribution in [3.05, 3.63) is 33.5 Å². The summed E-state index contributed by atoms with van der Waals surface area (Å²) in [6.45, 7) is 2.10. The Morgan fingerprint density at radius 1 is 1.61 bits per heavy atom. The van der Waals surface area contributed by atoms with Gasteiger partial charge in [-0.15, -0.1) is 11.3 Å². The van der Waals surface area contributed by atoms with Gasteiger partial charge in [0.25, 0.3) is 5.91 Å². The molecule has 3 rings (SSSR count). The van der Waals surface area contributed by atoms with E-state index < -0.39 is 6.10 Å². The van der Waals surface area contributed by atoms with E-state index in [0.717, 1.165) is 36.4 Å². The predicted octanol–water partition coefficient (Wildman–Crippen LogP) is 2.01. The molecule has 0 saturated heterocycles. The fourth-order valence-electron chi connectivity index (χ4n) is 3.04. The summed E-state index contributed by atoms with van der Waals surface area (Å²) >= 11 is 1.70. The van der Waals surface area contributed by atoms with Crippen LogP contribution in [0.1, 0.15) is 53.1 Å². The number of likely N-dealkylation sites (N-methyl/N-ethyl adjacent to an activating group) is 1. The number of aliphatic hydroxyl groups is 1. The minimum Gasteiger partial charge on any atom is -0.378 e. The third-order valence-electron chi connectivity index (χ3n) is 4.36. The van der Waals surface area contributed by atoms with Gasteiger partial charge in [0.1, 0.15) is 0 Å². The van der Waals surface area contributed by atoms with E-state index in [9.17, 15) is 9.90 Å². The Bertz CT molecular complexity index is 709. The maximum atomic E-state index is 12.7. The molecule has 1 aliphatic carbocycles. The zero-order valence-electron chi connectivity index (χ0n) is 13.7. The largest absolute Gasteiger partial charge is 0.378 e. The Morgan fingerprint density at radius 3 is 3.04 bits per heavy atom. The first kappa shape index (κ1) is 16.1. The highest BCUT2D eigenvalue weighted by atomic mass is 32.1. The zero-order valence-corrected chi connectivity index (χ0v) is 14.5. The molecule has 2 heterocycles. The molecule has 0 radical (unpaired) electrons. The van der Waals surface area contributed by atoms with Gasteiger partial charge >= 0.3 is 0 Å². The summed E-state index contributed by atoms with van der Waals surface area (Å²) in [5, 5.41) is 15.5. The Kier molecular flexibility index (Phi) is 4.50. The van der Waals surface area contributed by atoms with Crippen molar-refractivity contribution < 1.29 is 9.90 Å². The molecule has 1 N–H and O–H groups in total. The number of thiazole rings is 1. The molecule has 1 aliphatic rings. The van der Waals surface area contributed by atoms with Gasteiger partial charge in [0.05, 0.1) is 27.8 Å². The lowest BCUT2D eigenvalue weighted by Crippen LogP contribution is -2.36. The second kappa shape index (κ2) is 6.41. The van der Waals surface area contributed by atoms with Crippen LogP contribution in [0.4, 0.5) is 0 Å². The van der Waals surface area contributed by atoms with Crippen molar-refractivity contribution >= 4 is 17.2 Å². The number of aromatic nitrogens is 3. The molecule has 124 valence electrons. The van der Waals surface area contributed by atoms with Crippen molar-refractivity contribution in [1.82, 2.24) is 19.7 Å². The molecule has 0 aliphatic heterocycles. The van der Waals surface area contributed by atoms with Crippen LogP contribution in [-0.4, -0.2) is 37.7 Å². The molecule has 0 aromatic carbocycles. The maximum Gasteiger partial charge on any atom is 0.256 e. The number of hydrogen-bond donors (Lipinski definition) is 1. The van der Waals surface area contributed by atoms with E-state index in [-0.39, 0.29) is 11.9 Å². The van der Waals surface area contributed by atoms with E-state index in [4.69, 9.17) is 0 Å². The van der Waals surface area contributed by atoms with Gasteiger partial charge in [-0.05, 0) is 25.7 Å². The second-order valence-electron chi connectivity index (χ2n) is 5.98. The molecule has 23 heavy (non-hydrogen) atoms. The van der Waals surface area contributed by atoms with Crippen LogP contribution >= 0.6 is 11.3 Å². The van der Waals surface area contributed by atoms with Gasteiger partial charge in [-0.25, -0.2) is 4.98 Å². The summed E-state index contributed by atoms with van der Waals surface area (Å²) < 4.78 is 1.58. The van der Waals surface area contributed by atoms with Gasteiger partial charge in [-0.2, -0.15) is 5.10 Å². The molecule has 0 saturated carbocycles. The van der Waals surface area contributed by atoms with E-state index in [1.165, 1.54) is 11.1 Å². The lowest BCUT2D eigenvalue weighted by molar-refractivity contribution is -0.141. The topological polar surface area (TPSA) is 71.2 Å². The van der Waals surface area contributed by atoms with E-state index >= 15 is 0 Å². The fraction of sp³-hybridized carbons (Fsp3) is 0.562. The molecule has 2 aromatic rings. The predicted molar refractivity (Wildman–Crippen MR) is 88.1 cm³/mol. The molecule has 0 bridgehead atoms. The second-order valence-corrected chi connectivity index (χ2v) is 7.09.